The first-order chi connectivity index (χ1) is 13.7. The normalized spacial score (nSPS) is 15.4. The summed E-state index contributed by atoms with van der Waals surface area (Å²) >= 11 is 0. The third-order valence-corrected chi connectivity index (χ3v) is 4.76. The van der Waals surface area contributed by atoms with Crippen LogP contribution >= 0.6 is 0 Å². The molecule has 0 bridgehead atoms. The summed E-state index contributed by atoms with van der Waals surface area (Å²) in [5.41, 5.74) is 2.92. The van der Waals surface area contributed by atoms with E-state index >= 15 is 0 Å². The highest BCUT2D eigenvalue weighted by atomic mass is 19.1. The monoisotopic (exact) mass is 385 g/mol. The molecule has 0 atom stereocenters. The summed E-state index contributed by atoms with van der Waals surface area (Å²) in [6.45, 7) is 3.24. The summed E-state index contributed by atoms with van der Waals surface area (Å²) in [7, 11) is 1.70. The summed E-state index contributed by atoms with van der Waals surface area (Å²) in [6.07, 6.45) is 2.25. The lowest BCUT2D eigenvalue weighted by Gasteiger charge is -2.22. The number of nitrogens with one attached hydrogen (secondary N) is 2. The SMILES string of the molecule is CN=C(NCc1ccc(COC2CCOCC2)cc1)NCc1ccccc1F. The lowest BCUT2D eigenvalue weighted by Crippen LogP contribution is -2.36. The first kappa shape index (κ1) is 20.3. The van der Waals surface area contributed by atoms with Gasteiger partial charge in [-0.05, 0) is 30.0 Å². The van der Waals surface area contributed by atoms with E-state index in [0.717, 1.165) is 37.2 Å². The molecule has 0 spiro atoms. The predicted molar refractivity (Wildman–Crippen MR) is 109 cm³/mol. The number of benzene rings is 2. The summed E-state index contributed by atoms with van der Waals surface area (Å²) < 4.78 is 25.0. The van der Waals surface area contributed by atoms with Gasteiger partial charge < -0.3 is 20.1 Å². The fourth-order valence-electron chi connectivity index (χ4n) is 3.04. The Hall–Kier alpha value is -2.44. The van der Waals surface area contributed by atoms with Gasteiger partial charge in [0.25, 0.3) is 0 Å². The number of halogens is 1. The minimum absolute atomic E-state index is 0.219. The van der Waals surface area contributed by atoms with Gasteiger partial charge in [0, 0.05) is 38.9 Å². The van der Waals surface area contributed by atoms with E-state index in [-0.39, 0.29) is 5.82 Å². The van der Waals surface area contributed by atoms with Crippen LogP contribution in [0.1, 0.15) is 29.5 Å². The molecule has 150 valence electrons. The van der Waals surface area contributed by atoms with Crippen molar-refractivity contribution in [2.45, 2.75) is 38.6 Å². The minimum atomic E-state index is -0.219. The lowest BCUT2D eigenvalue weighted by molar-refractivity contribution is -0.0390. The Bertz CT molecular complexity index is 759. The van der Waals surface area contributed by atoms with Crippen LogP contribution in [-0.2, 0) is 29.2 Å². The second-order valence-electron chi connectivity index (χ2n) is 6.81. The predicted octanol–water partition coefficient (Wildman–Crippen LogP) is 3.39. The topological polar surface area (TPSA) is 54.9 Å². The maximum absolute atomic E-state index is 13.7. The molecule has 0 radical (unpaired) electrons. The Labute approximate surface area is 166 Å². The van der Waals surface area contributed by atoms with Gasteiger partial charge in [0.1, 0.15) is 5.82 Å². The van der Waals surface area contributed by atoms with E-state index in [1.807, 2.05) is 6.07 Å². The molecule has 0 saturated carbocycles. The smallest absolute Gasteiger partial charge is 0.191 e. The van der Waals surface area contributed by atoms with Gasteiger partial charge in [-0.25, -0.2) is 4.39 Å². The van der Waals surface area contributed by atoms with Gasteiger partial charge in [-0.3, -0.25) is 4.99 Å². The van der Waals surface area contributed by atoms with Gasteiger partial charge in [-0.2, -0.15) is 0 Å². The quantitative estimate of drug-likeness (QED) is 0.567. The van der Waals surface area contributed by atoms with E-state index in [9.17, 15) is 4.39 Å². The average molecular weight is 385 g/mol. The van der Waals surface area contributed by atoms with E-state index in [1.165, 1.54) is 6.07 Å². The molecule has 0 amide bonds. The molecule has 0 aromatic heterocycles. The average Bonchev–Trinajstić information content (AvgIpc) is 2.75. The van der Waals surface area contributed by atoms with Crippen LogP contribution in [0.15, 0.2) is 53.5 Å². The zero-order chi connectivity index (χ0) is 19.6. The molecule has 1 saturated heterocycles. The fraction of sp³-hybridized carbons (Fsp3) is 0.409. The first-order valence-corrected chi connectivity index (χ1v) is 9.69. The molecule has 2 N–H and O–H groups in total. The third-order valence-electron chi connectivity index (χ3n) is 4.76. The second kappa shape index (κ2) is 10.8. The summed E-state index contributed by atoms with van der Waals surface area (Å²) in [4.78, 5) is 4.19. The van der Waals surface area contributed by atoms with Gasteiger partial charge in [-0.15, -0.1) is 0 Å². The van der Waals surface area contributed by atoms with Gasteiger partial charge in [0.05, 0.1) is 12.7 Å². The van der Waals surface area contributed by atoms with Gasteiger partial charge >= 0.3 is 0 Å². The zero-order valence-corrected chi connectivity index (χ0v) is 16.3. The van der Waals surface area contributed by atoms with Crippen LogP contribution in [0, 0.1) is 5.82 Å². The summed E-state index contributed by atoms with van der Waals surface area (Å²) in [6, 6.07) is 15.1. The number of ether oxygens (including phenoxy) is 2. The van der Waals surface area contributed by atoms with Gasteiger partial charge in [0.15, 0.2) is 5.96 Å². The summed E-state index contributed by atoms with van der Waals surface area (Å²) in [5.74, 6) is 0.416. The van der Waals surface area contributed by atoms with Crippen molar-refractivity contribution in [3.8, 4) is 0 Å². The minimum Gasteiger partial charge on any atom is -0.381 e. The molecule has 3 rings (SSSR count). The van der Waals surface area contributed by atoms with Crippen molar-refractivity contribution in [3.05, 3.63) is 71.0 Å². The van der Waals surface area contributed by atoms with E-state index in [2.05, 4.69) is 39.9 Å². The van der Waals surface area contributed by atoms with Crippen molar-refractivity contribution in [2.24, 2.45) is 4.99 Å². The van der Waals surface area contributed by atoms with Crippen LogP contribution < -0.4 is 10.6 Å². The number of aliphatic imine (C=N–C) groups is 1. The highest BCUT2D eigenvalue weighted by molar-refractivity contribution is 5.79. The Morgan fingerprint density at radius 1 is 1.04 bits per heavy atom. The van der Waals surface area contributed by atoms with Crippen molar-refractivity contribution >= 4 is 5.96 Å². The maximum Gasteiger partial charge on any atom is 0.191 e. The van der Waals surface area contributed by atoms with Crippen LogP contribution in [0.5, 0.6) is 0 Å². The fourth-order valence-corrected chi connectivity index (χ4v) is 3.04. The molecular weight excluding hydrogens is 357 g/mol. The van der Waals surface area contributed by atoms with Crippen LogP contribution in [-0.4, -0.2) is 32.3 Å². The van der Waals surface area contributed by atoms with Crippen LogP contribution in [0.3, 0.4) is 0 Å². The molecule has 28 heavy (non-hydrogen) atoms. The molecule has 1 aliphatic heterocycles. The van der Waals surface area contributed by atoms with Crippen LogP contribution in [0.25, 0.3) is 0 Å². The molecule has 1 aliphatic rings. The van der Waals surface area contributed by atoms with Crippen molar-refractivity contribution in [1.29, 1.82) is 0 Å². The molecule has 0 aliphatic carbocycles. The molecule has 6 heteroatoms. The van der Waals surface area contributed by atoms with E-state index in [1.54, 1.807) is 19.2 Å². The van der Waals surface area contributed by atoms with E-state index in [4.69, 9.17) is 9.47 Å². The standard InChI is InChI=1S/C22H28FN3O2/c1-24-22(26-15-19-4-2-3-5-21(19)23)25-14-17-6-8-18(9-7-17)16-28-20-10-12-27-13-11-20/h2-9,20H,10-16H2,1H3,(H2,24,25,26). The van der Waals surface area contributed by atoms with E-state index < -0.39 is 0 Å². The lowest BCUT2D eigenvalue weighted by atomic mass is 10.1. The third kappa shape index (κ3) is 6.32. The molecule has 2 aromatic carbocycles. The van der Waals surface area contributed by atoms with Crippen molar-refractivity contribution < 1.29 is 13.9 Å². The van der Waals surface area contributed by atoms with Gasteiger partial charge in [-0.1, -0.05) is 42.5 Å². The number of nitrogens with zero attached hydrogens (tertiary/aromatic N) is 1. The zero-order valence-electron chi connectivity index (χ0n) is 16.3. The van der Waals surface area contributed by atoms with Gasteiger partial charge in [0.2, 0.25) is 0 Å². The van der Waals surface area contributed by atoms with Crippen molar-refractivity contribution in [2.75, 3.05) is 20.3 Å². The van der Waals surface area contributed by atoms with Crippen LogP contribution in [0.2, 0.25) is 0 Å². The Morgan fingerprint density at radius 3 is 2.43 bits per heavy atom. The molecular formula is C22H28FN3O2. The summed E-state index contributed by atoms with van der Waals surface area (Å²) in [5, 5.41) is 6.38. The molecule has 1 heterocycles. The number of hydrogen-bond acceptors (Lipinski definition) is 3. The first-order valence-electron chi connectivity index (χ1n) is 9.69. The Kier molecular flexibility index (Phi) is 7.82. The molecule has 0 unspecified atom stereocenters. The maximum atomic E-state index is 13.7. The number of hydrogen-bond donors (Lipinski definition) is 2. The molecule has 2 aromatic rings. The van der Waals surface area contributed by atoms with Crippen molar-refractivity contribution in [3.63, 3.8) is 0 Å². The molecule has 1 fully saturated rings. The van der Waals surface area contributed by atoms with Crippen molar-refractivity contribution in [1.82, 2.24) is 10.6 Å². The largest absolute Gasteiger partial charge is 0.381 e. The van der Waals surface area contributed by atoms with E-state index in [0.29, 0.717) is 37.3 Å². The molecule has 5 nitrogen and oxygen atoms in total. The number of rotatable bonds is 7. The number of guanidine groups is 1. The Balaban J connectivity index is 1.42. The van der Waals surface area contributed by atoms with Crippen LogP contribution in [0.4, 0.5) is 4.39 Å². The Morgan fingerprint density at radius 2 is 1.71 bits per heavy atom. The highest BCUT2D eigenvalue weighted by Gasteiger charge is 2.13. The second-order valence-corrected chi connectivity index (χ2v) is 6.81. The highest BCUT2D eigenvalue weighted by Crippen LogP contribution is 2.14.